The fourth-order valence-electron chi connectivity index (χ4n) is 3.68. The van der Waals surface area contributed by atoms with Gasteiger partial charge in [0.1, 0.15) is 5.76 Å². The van der Waals surface area contributed by atoms with E-state index < -0.39 is 0 Å². The van der Waals surface area contributed by atoms with Gasteiger partial charge in [-0.15, -0.1) is 6.58 Å². The molecule has 2 atom stereocenters. The molecule has 3 heterocycles. The van der Waals surface area contributed by atoms with E-state index in [-0.39, 0.29) is 0 Å². The molecule has 2 unspecified atom stereocenters. The minimum Gasteiger partial charge on any atom is -0.361 e. The van der Waals surface area contributed by atoms with E-state index in [9.17, 15) is 0 Å². The van der Waals surface area contributed by atoms with Crippen LogP contribution in [0.15, 0.2) is 17.2 Å². The highest BCUT2D eigenvalue weighted by atomic mass is 16.5. The van der Waals surface area contributed by atoms with Crippen LogP contribution in [0.25, 0.3) is 0 Å². The second-order valence-corrected chi connectivity index (χ2v) is 5.77. The highest BCUT2D eigenvalue weighted by molar-refractivity contribution is 5.21. The fourth-order valence-corrected chi connectivity index (χ4v) is 3.68. The van der Waals surface area contributed by atoms with E-state index in [2.05, 4.69) is 21.5 Å². The Labute approximate surface area is 115 Å². The maximum atomic E-state index is 5.28. The molecule has 0 bridgehead atoms. The van der Waals surface area contributed by atoms with Gasteiger partial charge in [0, 0.05) is 43.8 Å². The van der Waals surface area contributed by atoms with Crippen molar-refractivity contribution in [3.8, 4) is 0 Å². The first kappa shape index (κ1) is 12.9. The van der Waals surface area contributed by atoms with Crippen molar-refractivity contribution in [2.24, 2.45) is 0 Å². The monoisotopic (exact) mass is 261 g/mol. The van der Waals surface area contributed by atoms with Crippen molar-refractivity contribution in [1.29, 1.82) is 0 Å². The molecule has 0 aliphatic carbocycles. The number of fused-ring (bicyclic) bond motifs is 1. The van der Waals surface area contributed by atoms with Crippen LogP contribution in [0.5, 0.6) is 0 Å². The molecule has 2 fully saturated rings. The molecule has 0 N–H and O–H groups in total. The SMILES string of the molecule is C=CCN1CCC2C1CCN2Cc1c(C)noc1C. The summed E-state index contributed by atoms with van der Waals surface area (Å²) in [7, 11) is 0. The molecule has 2 aliphatic rings. The molecule has 4 heteroatoms. The predicted molar refractivity (Wildman–Crippen MR) is 75.0 cm³/mol. The molecule has 0 radical (unpaired) electrons. The lowest BCUT2D eigenvalue weighted by Gasteiger charge is -2.24. The van der Waals surface area contributed by atoms with E-state index in [0.29, 0.717) is 6.04 Å². The van der Waals surface area contributed by atoms with Crippen LogP contribution < -0.4 is 0 Å². The fraction of sp³-hybridized carbons (Fsp3) is 0.667. The maximum absolute atomic E-state index is 5.28. The molecule has 1 aromatic rings. The van der Waals surface area contributed by atoms with Gasteiger partial charge in [-0.05, 0) is 26.7 Å². The Hall–Kier alpha value is -1.13. The summed E-state index contributed by atoms with van der Waals surface area (Å²) in [5, 5.41) is 4.06. The van der Waals surface area contributed by atoms with Crippen molar-refractivity contribution >= 4 is 0 Å². The molecule has 0 spiro atoms. The number of aryl methyl sites for hydroxylation is 2. The first-order valence-corrected chi connectivity index (χ1v) is 7.21. The number of aromatic nitrogens is 1. The average Bonchev–Trinajstić information content (AvgIpc) is 3.04. The Morgan fingerprint density at radius 1 is 1.26 bits per heavy atom. The molecule has 4 nitrogen and oxygen atoms in total. The zero-order valence-corrected chi connectivity index (χ0v) is 11.9. The maximum Gasteiger partial charge on any atom is 0.138 e. The molecule has 104 valence electrons. The molecule has 19 heavy (non-hydrogen) atoms. The summed E-state index contributed by atoms with van der Waals surface area (Å²) in [4.78, 5) is 5.19. The van der Waals surface area contributed by atoms with Crippen molar-refractivity contribution in [3.63, 3.8) is 0 Å². The van der Waals surface area contributed by atoms with Gasteiger partial charge in [-0.3, -0.25) is 9.80 Å². The quantitative estimate of drug-likeness (QED) is 0.777. The Balaban J connectivity index is 1.70. The topological polar surface area (TPSA) is 32.5 Å². The number of likely N-dealkylation sites (tertiary alicyclic amines) is 2. The Kier molecular flexibility index (Phi) is 3.46. The van der Waals surface area contributed by atoms with Crippen molar-refractivity contribution < 1.29 is 4.52 Å². The van der Waals surface area contributed by atoms with Crippen LogP contribution in [0.3, 0.4) is 0 Å². The summed E-state index contributed by atoms with van der Waals surface area (Å²) in [6.07, 6.45) is 4.59. The highest BCUT2D eigenvalue weighted by Crippen LogP contribution is 2.33. The van der Waals surface area contributed by atoms with Crippen molar-refractivity contribution in [2.45, 2.75) is 45.3 Å². The molecule has 0 amide bonds. The zero-order chi connectivity index (χ0) is 13.4. The second kappa shape index (κ2) is 5.10. The second-order valence-electron chi connectivity index (χ2n) is 5.77. The minimum atomic E-state index is 0.702. The predicted octanol–water partition coefficient (Wildman–Crippen LogP) is 2.13. The minimum absolute atomic E-state index is 0.702. The summed E-state index contributed by atoms with van der Waals surface area (Å²) < 4.78 is 5.28. The van der Waals surface area contributed by atoms with Crippen LogP contribution in [-0.2, 0) is 6.54 Å². The summed E-state index contributed by atoms with van der Waals surface area (Å²) in [6.45, 7) is 12.3. The van der Waals surface area contributed by atoms with Gasteiger partial charge in [0.25, 0.3) is 0 Å². The van der Waals surface area contributed by atoms with Crippen molar-refractivity contribution in [1.82, 2.24) is 15.0 Å². The highest BCUT2D eigenvalue weighted by Gasteiger charge is 2.41. The average molecular weight is 261 g/mol. The van der Waals surface area contributed by atoms with Crippen LogP contribution in [0.2, 0.25) is 0 Å². The third-order valence-electron chi connectivity index (χ3n) is 4.71. The van der Waals surface area contributed by atoms with Gasteiger partial charge in [-0.2, -0.15) is 0 Å². The van der Waals surface area contributed by atoms with Gasteiger partial charge in [0.2, 0.25) is 0 Å². The first-order chi connectivity index (χ1) is 9.20. The van der Waals surface area contributed by atoms with Crippen LogP contribution in [-0.4, -0.2) is 46.7 Å². The molecule has 0 aromatic carbocycles. The molecule has 2 aliphatic heterocycles. The van der Waals surface area contributed by atoms with Crippen molar-refractivity contribution in [2.75, 3.05) is 19.6 Å². The van der Waals surface area contributed by atoms with Gasteiger partial charge in [-0.25, -0.2) is 0 Å². The van der Waals surface area contributed by atoms with Gasteiger partial charge in [0.05, 0.1) is 5.69 Å². The van der Waals surface area contributed by atoms with E-state index in [4.69, 9.17) is 4.52 Å². The van der Waals surface area contributed by atoms with Crippen LogP contribution in [0.4, 0.5) is 0 Å². The van der Waals surface area contributed by atoms with E-state index >= 15 is 0 Å². The van der Waals surface area contributed by atoms with Crippen LogP contribution in [0.1, 0.15) is 29.9 Å². The molecule has 3 rings (SSSR count). The summed E-state index contributed by atoms with van der Waals surface area (Å²) in [6, 6.07) is 1.42. The van der Waals surface area contributed by atoms with Gasteiger partial charge >= 0.3 is 0 Å². The lowest BCUT2D eigenvalue weighted by molar-refractivity contribution is 0.224. The number of rotatable bonds is 4. The standard InChI is InChI=1S/C15H23N3O/c1-4-7-17-8-5-15-14(17)6-9-18(15)10-13-11(2)16-19-12(13)3/h4,14-15H,1,5-10H2,2-3H3. The van der Waals surface area contributed by atoms with E-state index in [1.165, 1.54) is 31.5 Å². The Bertz CT molecular complexity index is 448. The van der Waals surface area contributed by atoms with Crippen LogP contribution >= 0.6 is 0 Å². The summed E-state index contributed by atoms with van der Waals surface area (Å²) in [5.41, 5.74) is 2.32. The molecule has 1 aromatic heterocycles. The number of nitrogens with zero attached hydrogens (tertiary/aromatic N) is 3. The third kappa shape index (κ3) is 2.23. The Morgan fingerprint density at radius 2 is 1.95 bits per heavy atom. The number of hydrogen-bond acceptors (Lipinski definition) is 4. The first-order valence-electron chi connectivity index (χ1n) is 7.21. The van der Waals surface area contributed by atoms with Crippen LogP contribution in [0, 0.1) is 13.8 Å². The van der Waals surface area contributed by atoms with Gasteiger partial charge < -0.3 is 4.52 Å². The Morgan fingerprint density at radius 3 is 2.58 bits per heavy atom. The molecule has 2 saturated heterocycles. The number of hydrogen-bond donors (Lipinski definition) is 0. The zero-order valence-electron chi connectivity index (χ0n) is 11.9. The van der Waals surface area contributed by atoms with Crippen molar-refractivity contribution in [3.05, 3.63) is 29.7 Å². The van der Waals surface area contributed by atoms with E-state index in [1.54, 1.807) is 0 Å². The molecular weight excluding hydrogens is 238 g/mol. The smallest absolute Gasteiger partial charge is 0.138 e. The van der Waals surface area contributed by atoms with E-state index in [0.717, 1.165) is 30.6 Å². The normalized spacial score (nSPS) is 27.9. The van der Waals surface area contributed by atoms with E-state index in [1.807, 2.05) is 19.9 Å². The summed E-state index contributed by atoms with van der Waals surface area (Å²) >= 11 is 0. The lowest BCUT2D eigenvalue weighted by Crippen LogP contribution is -2.36. The largest absolute Gasteiger partial charge is 0.361 e. The summed E-state index contributed by atoms with van der Waals surface area (Å²) in [5.74, 6) is 0.974. The lowest BCUT2D eigenvalue weighted by atomic mass is 10.1. The third-order valence-corrected chi connectivity index (χ3v) is 4.71. The molecular formula is C15H23N3O. The molecule has 0 saturated carbocycles. The van der Waals surface area contributed by atoms with Gasteiger partial charge in [-0.1, -0.05) is 11.2 Å². The van der Waals surface area contributed by atoms with Gasteiger partial charge in [0.15, 0.2) is 0 Å².